The highest BCUT2D eigenvalue weighted by Crippen LogP contribution is 2.14. The van der Waals surface area contributed by atoms with Gasteiger partial charge < -0.3 is 0 Å². The summed E-state index contributed by atoms with van der Waals surface area (Å²) in [5, 5.41) is 2.59. The number of aromatic nitrogens is 2. The van der Waals surface area contributed by atoms with E-state index in [0.29, 0.717) is 11.9 Å². The van der Waals surface area contributed by atoms with E-state index in [1.807, 2.05) is 35.7 Å². The van der Waals surface area contributed by atoms with Crippen LogP contribution in [0.25, 0.3) is 10.2 Å². The normalized spacial score (nSPS) is 10.9. The van der Waals surface area contributed by atoms with Gasteiger partial charge in [0.05, 0.1) is 18.3 Å². The van der Waals surface area contributed by atoms with E-state index in [4.69, 9.17) is 0 Å². The predicted octanol–water partition coefficient (Wildman–Crippen LogP) is 3.27. The van der Waals surface area contributed by atoms with E-state index in [0.717, 1.165) is 14.9 Å². The lowest BCUT2D eigenvalue weighted by atomic mass is 10.2. The quantitative estimate of drug-likeness (QED) is 0.726. The summed E-state index contributed by atoms with van der Waals surface area (Å²) in [5.41, 5.74) is 1.10. The van der Waals surface area contributed by atoms with Crippen molar-refractivity contribution in [3.8, 4) is 0 Å². The van der Waals surface area contributed by atoms with E-state index in [-0.39, 0.29) is 5.56 Å². The SMILES string of the molecule is O=c1c2ccsc2ncn1Cc1ccc(Br)cc1. The number of benzene rings is 1. The van der Waals surface area contributed by atoms with Crippen molar-refractivity contribution in [2.24, 2.45) is 0 Å². The maximum absolute atomic E-state index is 12.2. The smallest absolute Gasteiger partial charge is 0.262 e. The van der Waals surface area contributed by atoms with Crippen LogP contribution in [-0.4, -0.2) is 9.55 Å². The lowest BCUT2D eigenvalue weighted by molar-refractivity contribution is 0.749. The zero-order valence-corrected chi connectivity index (χ0v) is 11.7. The molecule has 18 heavy (non-hydrogen) atoms. The number of thiophene rings is 1. The number of hydrogen-bond donors (Lipinski definition) is 0. The Morgan fingerprint density at radius 1 is 1.22 bits per heavy atom. The summed E-state index contributed by atoms with van der Waals surface area (Å²) in [6.45, 7) is 0.547. The summed E-state index contributed by atoms with van der Waals surface area (Å²) in [4.78, 5) is 17.3. The van der Waals surface area contributed by atoms with Crippen LogP contribution in [0.3, 0.4) is 0 Å². The summed E-state index contributed by atoms with van der Waals surface area (Å²) >= 11 is 4.88. The molecule has 3 rings (SSSR count). The first-order valence-corrected chi connectivity index (χ1v) is 7.08. The first-order chi connectivity index (χ1) is 8.74. The molecule has 0 aliphatic heterocycles. The summed E-state index contributed by atoms with van der Waals surface area (Å²) in [6, 6.07) is 9.75. The van der Waals surface area contributed by atoms with Gasteiger partial charge in [-0.1, -0.05) is 28.1 Å². The average Bonchev–Trinajstić information content (AvgIpc) is 2.84. The fourth-order valence-electron chi connectivity index (χ4n) is 1.79. The minimum atomic E-state index is 0.0177. The second-order valence-corrected chi connectivity index (χ2v) is 5.75. The summed E-state index contributed by atoms with van der Waals surface area (Å²) < 4.78 is 2.67. The Bertz CT molecular complexity index is 746. The second-order valence-electron chi connectivity index (χ2n) is 3.94. The molecule has 2 aromatic heterocycles. The van der Waals surface area contributed by atoms with Crippen molar-refractivity contribution >= 4 is 37.5 Å². The van der Waals surface area contributed by atoms with Crippen molar-refractivity contribution in [3.63, 3.8) is 0 Å². The van der Waals surface area contributed by atoms with Gasteiger partial charge in [-0.2, -0.15) is 0 Å². The monoisotopic (exact) mass is 320 g/mol. The summed E-state index contributed by atoms with van der Waals surface area (Å²) in [5.74, 6) is 0. The molecule has 0 saturated heterocycles. The predicted molar refractivity (Wildman–Crippen MR) is 77.1 cm³/mol. The highest BCUT2D eigenvalue weighted by atomic mass is 79.9. The minimum absolute atomic E-state index is 0.0177. The lowest BCUT2D eigenvalue weighted by Crippen LogP contribution is -2.20. The maximum Gasteiger partial charge on any atom is 0.262 e. The Kier molecular flexibility index (Phi) is 3.01. The van der Waals surface area contributed by atoms with E-state index < -0.39 is 0 Å². The Balaban J connectivity index is 2.02. The fourth-order valence-corrected chi connectivity index (χ4v) is 2.78. The van der Waals surface area contributed by atoms with Gasteiger partial charge in [0.1, 0.15) is 4.83 Å². The Labute approximate surface area is 116 Å². The third-order valence-electron chi connectivity index (χ3n) is 2.72. The van der Waals surface area contributed by atoms with E-state index >= 15 is 0 Å². The van der Waals surface area contributed by atoms with Crippen molar-refractivity contribution in [1.82, 2.24) is 9.55 Å². The fraction of sp³-hybridized carbons (Fsp3) is 0.0769. The molecule has 0 fully saturated rings. The van der Waals surface area contributed by atoms with Crippen LogP contribution in [0.4, 0.5) is 0 Å². The summed E-state index contributed by atoms with van der Waals surface area (Å²) in [7, 11) is 0. The van der Waals surface area contributed by atoms with Gasteiger partial charge in [-0.15, -0.1) is 11.3 Å². The molecule has 2 heterocycles. The third kappa shape index (κ3) is 2.11. The van der Waals surface area contributed by atoms with E-state index in [2.05, 4.69) is 20.9 Å². The van der Waals surface area contributed by atoms with Crippen molar-refractivity contribution in [1.29, 1.82) is 0 Å². The number of fused-ring (bicyclic) bond motifs is 1. The number of halogens is 1. The summed E-state index contributed by atoms with van der Waals surface area (Å²) in [6.07, 6.45) is 1.61. The molecule has 0 spiro atoms. The van der Waals surface area contributed by atoms with Crippen LogP contribution < -0.4 is 5.56 Å². The molecule has 0 atom stereocenters. The maximum atomic E-state index is 12.2. The highest BCUT2D eigenvalue weighted by Gasteiger charge is 2.05. The van der Waals surface area contributed by atoms with Crippen LogP contribution in [0, 0.1) is 0 Å². The van der Waals surface area contributed by atoms with E-state index in [9.17, 15) is 4.79 Å². The molecule has 0 radical (unpaired) electrons. The third-order valence-corrected chi connectivity index (χ3v) is 4.07. The molecule has 1 aromatic carbocycles. The second kappa shape index (κ2) is 4.66. The molecule has 0 unspecified atom stereocenters. The van der Waals surface area contributed by atoms with Crippen LogP contribution in [0.5, 0.6) is 0 Å². The molecule has 3 nitrogen and oxygen atoms in total. The molecule has 5 heteroatoms. The largest absolute Gasteiger partial charge is 0.294 e. The Morgan fingerprint density at radius 2 is 2.00 bits per heavy atom. The van der Waals surface area contributed by atoms with E-state index in [1.54, 1.807) is 10.9 Å². The number of hydrogen-bond acceptors (Lipinski definition) is 3. The highest BCUT2D eigenvalue weighted by molar-refractivity contribution is 9.10. The van der Waals surface area contributed by atoms with Crippen LogP contribution in [0.1, 0.15) is 5.56 Å². The van der Waals surface area contributed by atoms with Gasteiger partial charge in [0, 0.05) is 4.47 Å². The number of rotatable bonds is 2. The molecule has 0 aliphatic rings. The van der Waals surface area contributed by atoms with E-state index in [1.165, 1.54) is 11.3 Å². The van der Waals surface area contributed by atoms with Crippen LogP contribution in [-0.2, 0) is 6.54 Å². The molecule has 0 N–H and O–H groups in total. The van der Waals surface area contributed by atoms with Gasteiger partial charge in [0.25, 0.3) is 5.56 Å². The molecule has 0 saturated carbocycles. The molecule has 0 bridgehead atoms. The van der Waals surface area contributed by atoms with Crippen LogP contribution >= 0.6 is 27.3 Å². The van der Waals surface area contributed by atoms with Crippen molar-refractivity contribution in [2.75, 3.05) is 0 Å². The Morgan fingerprint density at radius 3 is 2.78 bits per heavy atom. The molecule has 90 valence electrons. The molecular weight excluding hydrogens is 312 g/mol. The van der Waals surface area contributed by atoms with Gasteiger partial charge in [-0.3, -0.25) is 9.36 Å². The van der Waals surface area contributed by atoms with Gasteiger partial charge in [0.2, 0.25) is 0 Å². The number of nitrogens with zero attached hydrogens (tertiary/aromatic N) is 2. The van der Waals surface area contributed by atoms with Gasteiger partial charge in [0.15, 0.2) is 0 Å². The average molecular weight is 321 g/mol. The first-order valence-electron chi connectivity index (χ1n) is 5.41. The molecular formula is C13H9BrN2OS. The minimum Gasteiger partial charge on any atom is -0.294 e. The lowest BCUT2D eigenvalue weighted by Gasteiger charge is -2.05. The standard InChI is InChI=1S/C13H9BrN2OS/c14-10-3-1-9(2-4-10)7-16-8-15-12-11(13(16)17)5-6-18-12/h1-6,8H,7H2. The van der Waals surface area contributed by atoms with Gasteiger partial charge >= 0.3 is 0 Å². The molecule has 3 aromatic rings. The van der Waals surface area contributed by atoms with Gasteiger partial charge in [-0.05, 0) is 29.1 Å². The van der Waals surface area contributed by atoms with Crippen LogP contribution in [0.2, 0.25) is 0 Å². The van der Waals surface area contributed by atoms with Crippen LogP contribution in [0.15, 0.2) is 51.3 Å². The van der Waals surface area contributed by atoms with Gasteiger partial charge in [-0.25, -0.2) is 4.98 Å². The topological polar surface area (TPSA) is 34.9 Å². The first kappa shape index (κ1) is 11.6. The molecule has 0 aliphatic carbocycles. The zero-order chi connectivity index (χ0) is 12.5. The molecule has 0 amide bonds. The van der Waals surface area contributed by atoms with Crippen molar-refractivity contribution in [2.45, 2.75) is 6.54 Å². The van der Waals surface area contributed by atoms with Crippen molar-refractivity contribution < 1.29 is 0 Å². The zero-order valence-electron chi connectivity index (χ0n) is 9.34. The van der Waals surface area contributed by atoms with Crippen molar-refractivity contribution in [3.05, 3.63) is 62.4 Å². The Hall–Kier alpha value is -1.46.